The van der Waals surface area contributed by atoms with Crippen molar-refractivity contribution in [3.8, 4) is 0 Å². The van der Waals surface area contributed by atoms with Gasteiger partial charge in [-0.2, -0.15) is 4.98 Å². The van der Waals surface area contributed by atoms with Crippen LogP contribution in [0.25, 0.3) is 5.65 Å². The van der Waals surface area contributed by atoms with Gasteiger partial charge in [-0.3, -0.25) is 10.1 Å². The van der Waals surface area contributed by atoms with E-state index in [-0.39, 0.29) is 23.1 Å². The molecule has 0 aliphatic carbocycles. The van der Waals surface area contributed by atoms with E-state index in [9.17, 15) is 9.59 Å². The molecular formula is C9H8N4O3. The van der Waals surface area contributed by atoms with Crippen LogP contribution in [0.15, 0.2) is 18.3 Å². The largest absolute Gasteiger partial charge is 0.478 e. The van der Waals surface area contributed by atoms with Crippen LogP contribution in [0.2, 0.25) is 0 Å². The number of pyridine rings is 1. The van der Waals surface area contributed by atoms with E-state index in [0.29, 0.717) is 0 Å². The summed E-state index contributed by atoms with van der Waals surface area (Å²) in [6.07, 6.45) is 1.56. The molecule has 0 aromatic carbocycles. The summed E-state index contributed by atoms with van der Waals surface area (Å²) in [5.41, 5.74) is 0.227. The Bertz CT molecular complexity index is 575. The Hall–Kier alpha value is -2.44. The average molecular weight is 220 g/mol. The lowest BCUT2D eigenvalue weighted by atomic mass is 10.3. The summed E-state index contributed by atoms with van der Waals surface area (Å²) in [5, 5.41) is 15.2. The normalized spacial score (nSPS) is 10.3. The first-order valence-electron chi connectivity index (χ1n) is 4.44. The van der Waals surface area contributed by atoms with Crippen molar-refractivity contribution < 1.29 is 14.7 Å². The van der Waals surface area contributed by atoms with Gasteiger partial charge in [-0.15, -0.1) is 5.10 Å². The molecule has 82 valence electrons. The smallest absolute Gasteiger partial charge is 0.339 e. The molecule has 0 bridgehead atoms. The molecule has 7 nitrogen and oxygen atoms in total. The van der Waals surface area contributed by atoms with Gasteiger partial charge in [0.1, 0.15) is 5.56 Å². The minimum atomic E-state index is -1.09. The number of carbonyl (C=O) groups is 2. The second kappa shape index (κ2) is 3.61. The lowest BCUT2D eigenvalue weighted by Crippen LogP contribution is -2.07. The molecule has 2 rings (SSSR count). The van der Waals surface area contributed by atoms with E-state index in [2.05, 4.69) is 15.4 Å². The van der Waals surface area contributed by atoms with Crippen molar-refractivity contribution >= 4 is 23.5 Å². The van der Waals surface area contributed by atoms with Gasteiger partial charge in [0, 0.05) is 13.1 Å². The molecule has 7 heteroatoms. The highest BCUT2D eigenvalue weighted by Crippen LogP contribution is 2.10. The highest BCUT2D eigenvalue weighted by atomic mass is 16.4. The van der Waals surface area contributed by atoms with Crippen molar-refractivity contribution in [2.75, 3.05) is 5.32 Å². The van der Waals surface area contributed by atoms with Crippen molar-refractivity contribution in [3.05, 3.63) is 23.9 Å². The Morgan fingerprint density at radius 2 is 2.25 bits per heavy atom. The van der Waals surface area contributed by atoms with E-state index in [1.807, 2.05) is 0 Å². The Morgan fingerprint density at radius 3 is 2.88 bits per heavy atom. The molecule has 0 aliphatic rings. The monoisotopic (exact) mass is 220 g/mol. The number of fused-ring (bicyclic) bond motifs is 1. The average Bonchev–Trinajstić information content (AvgIpc) is 2.57. The van der Waals surface area contributed by atoms with Crippen LogP contribution in [0, 0.1) is 0 Å². The minimum Gasteiger partial charge on any atom is -0.478 e. The van der Waals surface area contributed by atoms with Crippen molar-refractivity contribution in [1.82, 2.24) is 14.6 Å². The van der Waals surface area contributed by atoms with Gasteiger partial charge in [-0.05, 0) is 12.1 Å². The van der Waals surface area contributed by atoms with E-state index in [1.165, 1.54) is 17.5 Å². The van der Waals surface area contributed by atoms with Crippen molar-refractivity contribution in [2.45, 2.75) is 6.92 Å². The van der Waals surface area contributed by atoms with Gasteiger partial charge in [0.15, 0.2) is 5.65 Å². The summed E-state index contributed by atoms with van der Waals surface area (Å²) < 4.78 is 1.30. The van der Waals surface area contributed by atoms with E-state index in [4.69, 9.17) is 5.11 Å². The van der Waals surface area contributed by atoms with Crippen LogP contribution in [0.3, 0.4) is 0 Å². The third-order valence-electron chi connectivity index (χ3n) is 1.88. The van der Waals surface area contributed by atoms with Gasteiger partial charge >= 0.3 is 5.97 Å². The van der Waals surface area contributed by atoms with Gasteiger partial charge in [0.25, 0.3) is 0 Å². The van der Waals surface area contributed by atoms with Gasteiger partial charge in [0.2, 0.25) is 11.9 Å². The number of amides is 1. The topological polar surface area (TPSA) is 96.6 Å². The molecule has 2 N–H and O–H groups in total. The van der Waals surface area contributed by atoms with Crippen LogP contribution in [0.1, 0.15) is 17.3 Å². The van der Waals surface area contributed by atoms with Gasteiger partial charge in [-0.25, -0.2) is 9.31 Å². The fraction of sp³-hybridized carbons (Fsp3) is 0.111. The Morgan fingerprint density at radius 1 is 1.50 bits per heavy atom. The highest BCUT2D eigenvalue weighted by Gasteiger charge is 2.13. The second-order valence-corrected chi connectivity index (χ2v) is 3.11. The summed E-state index contributed by atoms with van der Waals surface area (Å²) in [7, 11) is 0. The first kappa shape index (κ1) is 10.1. The number of hydrogen-bond acceptors (Lipinski definition) is 4. The SMILES string of the molecule is CC(=O)Nc1nc2c(C(=O)O)cccn2n1. The summed E-state index contributed by atoms with van der Waals surface area (Å²) in [6.45, 7) is 1.32. The molecular weight excluding hydrogens is 212 g/mol. The van der Waals surface area contributed by atoms with E-state index >= 15 is 0 Å². The quantitative estimate of drug-likeness (QED) is 0.762. The van der Waals surface area contributed by atoms with Crippen molar-refractivity contribution in [3.63, 3.8) is 0 Å². The molecule has 0 aliphatic heterocycles. The number of hydrogen-bond donors (Lipinski definition) is 2. The predicted octanol–water partition coefficient (Wildman–Crippen LogP) is 0.386. The lowest BCUT2D eigenvalue weighted by molar-refractivity contribution is -0.114. The molecule has 0 fully saturated rings. The fourth-order valence-corrected chi connectivity index (χ4v) is 1.28. The van der Waals surface area contributed by atoms with Crippen LogP contribution in [0.5, 0.6) is 0 Å². The Balaban J connectivity index is 2.56. The summed E-state index contributed by atoms with van der Waals surface area (Å²) in [5.74, 6) is -1.32. The van der Waals surface area contributed by atoms with Crippen LogP contribution in [0.4, 0.5) is 5.95 Å². The zero-order chi connectivity index (χ0) is 11.7. The van der Waals surface area contributed by atoms with E-state index in [1.54, 1.807) is 12.3 Å². The molecule has 1 amide bonds. The zero-order valence-corrected chi connectivity index (χ0v) is 8.34. The number of aromatic carboxylic acids is 1. The first-order chi connectivity index (χ1) is 7.58. The fourth-order valence-electron chi connectivity index (χ4n) is 1.28. The molecule has 2 aromatic rings. The zero-order valence-electron chi connectivity index (χ0n) is 8.34. The molecule has 2 heterocycles. The molecule has 0 saturated heterocycles. The summed E-state index contributed by atoms with van der Waals surface area (Å²) in [6, 6.07) is 2.96. The number of carbonyl (C=O) groups excluding carboxylic acids is 1. The van der Waals surface area contributed by atoms with E-state index in [0.717, 1.165) is 0 Å². The molecule has 0 spiro atoms. The molecule has 16 heavy (non-hydrogen) atoms. The number of carboxylic acids is 1. The third kappa shape index (κ3) is 1.70. The van der Waals surface area contributed by atoms with Crippen LogP contribution in [-0.4, -0.2) is 31.6 Å². The van der Waals surface area contributed by atoms with Gasteiger partial charge in [-0.1, -0.05) is 0 Å². The predicted molar refractivity (Wildman–Crippen MR) is 54.3 cm³/mol. The van der Waals surface area contributed by atoms with Crippen molar-refractivity contribution in [2.24, 2.45) is 0 Å². The molecule has 0 atom stereocenters. The van der Waals surface area contributed by atoms with Gasteiger partial charge in [0.05, 0.1) is 0 Å². The Labute approximate surface area is 89.7 Å². The lowest BCUT2D eigenvalue weighted by Gasteiger charge is -1.94. The minimum absolute atomic E-state index is 0.0339. The maximum Gasteiger partial charge on any atom is 0.339 e. The third-order valence-corrected chi connectivity index (χ3v) is 1.88. The number of anilines is 1. The number of aromatic nitrogens is 3. The molecule has 0 saturated carbocycles. The highest BCUT2D eigenvalue weighted by molar-refractivity contribution is 5.94. The van der Waals surface area contributed by atoms with Crippen LogP contribution >= 0.6 is 0 Å². The number of rotatable bonds is 2. The summed E-state index contributed by atoms with van der Waals surface area (Å²) in [4.78, 5) is 25.6. The molecule has 0 unspecified atom stereocenters. The summed E-state index contributed by atoms with van der Waals surface area (Å²) >= 11 is 0. The molecule has 2 aromatic heterocycles. The van der Waals surface area contributed by atoms with Crippen LogP contribution in [-0.2, 0) is 4.79 Å². The standard InChI is InChI=1S/C9H8N4O3/c1-5(14)10-9-11-7-6(8(15)16)3-2-4-13(7)12-9/h2-4H,1H3,(H,15,16)(H,10,12,14). The number of nitrogens with one attached hydrogen (secondary N) is 1. The van der Waals surface area contributed by atoms with Crippen LogP contribution < -0.4 is 5.32 Å². The first-order valence-corrected chi connectivity index (χ1v) is 4.44. The second-order valence-electron chi connectivity index (χ2n) is 3.11. The Kier molecular flexibility index (Phi) is 2.28. The van der Waals surface area contributed by atoms with E-state index < -0.39 is 5.97 Å². The molecule has 0 radical (unpaired) electrons. The maximum absolute atomic E-state index is 10.9. The van der Waals surface area contributed by atoms with Gasteiger partial charge < -0.3 is 5.11 Å². The maximum atomic E-state index is 10.9. The number of nitrogens with zero attached hydrogens (tertiary/aromatic N) is 3. The van der Waals surface area contributed by atoms with Crippen molar-refractivity contribution in [1.29, 1.82) is 0 Å². The number of carboxylic acid groups (broad SMARTS) is 1.